The number of aliphatic carboxylic acids is 1. The van der Waals surface area contributed by atoms with Crippen LogP contribution >= 0.6 is 11.8 Å². The molecule has 1 atom stereocenters. The minimum absolute atomic E-state index is 0.0780. The molecule has 1 unspecified atom stereocenters. The van der Waals surface area contributed by atoms with Gasteiger partial charge in [-0.1, -0.05) is 53.3 Å². The summed E-state index contributed by atoms with van der Waals surface area (Å²) in [6.07, 6.45) is 3.28. The lowest BCUT2D eigenvalue weighted by molar-refractivity contribution is -0.138. The number of hydrogen-bond donors (Lipinski definition) is 1. The van der Waals surface area contributed by atoms with Crippen LogP contribution in [0, 0.1) is 0 Å². The molecule has 7 nitrogen and oxygen atoms in total. The Bertz CT molecular complexity index is 735. The molecule has 0 saturated carbocycles. The summed E-state index contributed by atoms with van der Waals surface area (Å²) in [5, 5.41) is 10.2. The Balaban J connectivity index is 2.33. The van der Waals surface area contributed by atoms with Crippen LogP contribution in [0.2, 0.25) is 16.6 Å². The van der Waals surface area contributed by atoms with Gasteiger partial charge in [0, 0.05) is 19.2 Å². The molecule has 0 spiro atoms. The van der Waals surface area contributed by atoms with Gasteiger partial charge in [-0.15, -0.1) is 0 Å². The van der Waals surface area contributed by atoms with Crippen molar-refractivity contribution in [2.24, 2.45) is 0 Å². The SMILES string of the molecule is CSc1ncc2c(n1)N(CCO[Si](C(C)C)(C(C)C)C(C)C)C(C(=O)O)CC2=O. The van der Waals surface area contributed by atoms with Crippen LogP contribution in [0.25, 0.3) is 0 Å². The summed E-state index contributed by atoms with van der Waals surface area (Å²) < 4.78 is 6.61. The number of thioether (sulfide) groups is 1. The Morgan fingerprint density at radius 3 is 2.34 bits per heavy atom. The molecule has 1 aliphatic rings. The molecule has 9 heteroatoms. The second kappa shape index (κ2) is 9.57. The number of ketones is 1. The monoisotopic (exact) mass is 439 g/mol. The van der Waals surface area contributed by atoms with Gasteiger partial charge in [-0.05, 0) is 22.9 Å². The van der Waals surface area contributed by atoms with E-state index in [4.69, 9.17) is 4.43 Å². The van der Waals surface area contributed by atoms with E-state index in [9.17, 15) is 14.7 Å². The zero-order valence-electron chi connectivity index (χ0n) is 18.4. The first-order chi connectivity index (χ1) is 13.6. The van der Waals surface area contributed by atoms with Gasteiger partial charge in [-0.2, -0.15) is 0 Å². The van der Waals surface area contributed by atoms with Crippen molar-refractivity contribution < 1.29 is 19.1 Å². The van der Waals surface area contributed by atoms with E-state index in [2.05, 4.69) is 51.5 Å². The van der Waals surface area contributed by atoms with Gasteiger partial charge in [0.05, 0.1) is 12.2 Å². The molecule has 2 heterocycles. The lowest BCUT2D eigenvalue weighted by Crippen LogP contribution is -2.52. The first kappa shape index (κ1) is 23.8. The number of carbonyl (C=O) groups is 2. The van der Waals surface area contributed by atoms with Crippen LogP contribution in [-0.4, -0.2) is 60.6 Å². The smallest absolute Gasteiger partial charge is 0.326 e. The number of carboxylic acid groups (broad SMARTS) is 1. The molecule has 1 N–H and O–H groups in total. The van der Waals surface area contributed by atoms with Gasteiger partial charge in [-0.3, -0.25) is 4.79 Å². The lowest BCUT2D eigenvalue weighted by atomic mass is 9.98. The predicted molar refractivity (Wildman–Crippen MR) is 119 cm³/mol. The lowest BCUT2D eigenvalue weighted by Gasteiger charge is -2.43. The van der Waals surface area contributed by atoms with Crippen molar-refractivity contribution in [2.45, 2.75) is 75.8 Å². The fourth-order valence-electron chi connectivity index (χ4n) is 4.72. The number of hydrogen-bond acceptors (Lipinski definition) is 7. The molecule has 1 aromatic rings. The van der Waals surface area contributed by atoms with Gasteiger partial charge < -0.3 is 14.4 Å². The van der Waals surface area contributed by atoms with Crippen molar-refractivity contribution in [3.05, 3.63) is 11.8 Å². The highest BCUT2D eigenvalue weighted by atomic mass is 32.2. The third kappa shape index (κ3) is 4.67. The normalized spacial score (nSPS) is 17.4. The van der Waals surface area contributed by atoms with Crippen LogP contribution in [-0.2, 0) is 9.22 Å². The van der Waals surface area contributed by atoms with E-state index < -0.39 is 20.3 Å². The Labute approximate surface area is 178 Å². The molecule has 0 radical (unpaired) electrons. The maximum Gasteiger partial charge on any atom is 0.326 e. The maximum absolute atomic E-state index is 12.4. The van der Waals surface area contributed by atoms with E-state index in [1.165, 1.54) is 18.0 Å². The minimum atomic E-state index is -2.06. The highest BCUT2D eigenvalue weighted by Gasteiger charge is 2.45. The van der Waals surface area contributed by atoms with Crippen molar-refractivity contribution in [3.63, 3.8) is 0 Å². The van der Waals surface area contributed by atoms with Gasteiger partial charge in [0.15, 0.2) is 19.3 Å². The highest BCUT2D eigenvalue weighted by molar-refractivity contribution is 7.98. The van der Waals surface area contributed by atoms with E-state index in [0.717, 1.165) is 0 Å². The highest BCUT2D eigenvalue weighted by Crippen LogP contribution is 2.42. The van der Waals surface area contributed by atoms with Gasteiger partial charge in [0.2, 0.25) is 0 Å². The molecule has 0 bridgehead atoms. The molecule has 0 amide bonds. The van der Waals surface area contributed by atoms with Crippen molar-refractivity contribution >= 4 is 37.6 Å². The number of rotatable bonds is 9. The fraction of sp³-hybridized carbons (Fsp3) is 0.700. The molecular weight excluding hydrogens is 406 g/mol. The van der Waals surface area contributed by atoms with Gasteiger partial charge >= 0.3 is 5.97 Å². The summed E-state index contributed by atoms with van der Waals surface area (Å²) in [5.41, 5.74) is 1.72. The van der Waals surface area contributed by atoms with Crippen molar-refractivity contribution in [3.8, 4) is 0 Å². The number of carbonyl (C=O) groups excluding carboxylic acids is 1. The Morgan fingerprint density at radius 1 is 1.28 bits per heavy atom. The maximum atomic E-state index is 12.4. The van der Waals surface area contributed by atoms with Crippen molar-refractivity contribution in [1.29, 1.82) is 0 Å². The molecule has 0 fully saturated rings. The van der Waals surface area contributed by atoms with Crippen molar-refractivity contribution in [2.75, 3.05) is 24.3 Å². The number of aromatic nitrogens is 2. The number of fused-ring (bicyclic) bond motifs is 1. The minimum Gasteiger partial charge on any atom is -0.480 e. The summed E-state index contributed by atoms with van der Waals surface area (Å²) in [6, 6.07) is -0.934. The topological polar surface area (TPSA) is 92.6 Å². The molecule has 29 heavy (non-hydrogen) atoms. The summed E-state index contributed by atoms with van der Waals surface area (Å²) in [6.45, 7) is 14.1. The Kier molecular flexibility index (Phi) is 7.86. The predicted octanol–water partition coefficient (Wildman–Crippen LogP) is 4.24. The molecule has 1 aliphatic heterocycles. The Hall–Kier alpha value is -1.45. The first-order valence-corrected chi connectivity index (χ1v) is 13.5. The molecule has 162 valence electrons. The second-order valence-corrected chi connectivity index (χ2v) is 14.7. The average molecular weight is 440 g/mol. The van der Waals surface area contributed by atoms with E-state index in [0.29, 0.717) is 46.3 Å². The summed E-state index contributed by atoms with van der Waals surface area (Å²) in [7, 11) is -2.06. The van der Waals surface area contributed by atoms with Gasteiger partial charge in [-0.25, -0.2) is 14.8 Å². The zero-order chi connectivity index (χ0) is 21.9. The average Bonchev–Trinajstić information content (AvgIpc) is 2.64. The third-order valence-corrected chi connectivity index (χ3v) is 12.6. The first-order valence-electron chi connectivity index (χ1n) is 10.1. The van der Waals surface area contributed by atoms with E-state index >= 15 is 0 Å². The van der Waals surface area contributed by atoms with E-state index in [1.807, 2.05) is 6.26 Å². The molecule has 0 aliphatic carbocycles. The molecular formula is C20H33N3O4SSi. The van der Waals surface area contributed by atoms with Crippen LogP contribution < -0.4 is 4.90 Å². The number of anilines is 1. The second-order valence-electron chi connectivity index (χ2n) is 8.43. The molecule has 0 saturated heterocycles. The van der Waals surface area contributed by atoms with Crippen LogP contribution in [0.4, 0.5) is 5.82 Å². The standard InChI is InChI=1S/C20H33N3O4SSi/c1-12(2)29(13(3)4,14(5)6)27-9-8-23-16(19(25)26)10-17(24)15-11-21-20(28-7)22-18(15)23/h11-14,16H,8-10H2,1-7H3,(H,25,26). The van der Waals surface area contributed by atoms with E-state index in [1.54, 1.807) is 4.90 Å². The summed E-state index contributed by atoms with van der Waals surface area (Å²) in [5.74, 6) is -0.844. The molecule has 1 aromatic heterocycles. The number of Topliss-reactive ketones (excluding diaryl/α,β-unsaturated/α-hetero) is 1. The van der Waals surface area contributed by atoms with Crippen LogP contribution in [0.15, 0.2) is 11.4 Å². The summed E-state index contributed by atoms with van der Waals surface area (Å²) >= 11 is 1.36. The molecule has 2 rings (SSSR count). The quantitative estimate of drug-likeness (QED) is 0.347. The fourth-order valence-corrected chi connectivity index (χ4v) is 10.5. The number of carboxylic acids is 1. The van der Waals surface area contributed by atoms with Crippen LogP contribution in [0.1, 0.15) is 58.3 Å². The van der Waals surface area contributed by atoms with Gasteiger partial charge in [0.1, 0.15) is 11.9 Å². The van der Waals surface area contributed by atoms with Gasteiger partial charge in [0.25, 0.3) is 0 Å². The third-order valence-electron chi connectivity index (χ3n) is 5.93. The largest absolute Gasteiger partial charge is 0.480 e. The van der Waals surface area contributed by atoms with Crippen molar-refractivity contribution in [1.82, 2.24) is 9.97 Å². The van der Waals surface area contributed by atoms with Crippen LogP contribution in [0.5, 0.6) is 0 Å². The molecule has 0 aromatic carbocycles. The number of nitrogens with zero attached hydrogens (tertiary/aromatic N) is 3. The Morgan fingerprint density at radius 2 is 1.86 bits per heavy atom. The summed E-state index contributed by atoms with van der Waals surface area (Å²) in [4.78, 5) is 34.7. The zero-order valence-corrected chi connectivity index (χ0v) is 20.2. The van der Waals surface area contributed by atoms with Crippen LogP contribution in [0.3, 0.4) is 0 Å². The van der Waals surface area contributed by atoms with E-state index in [-0.39, 0.29) is 12.2 Å².